The summed E-state index contributed by atoms with van der Waals surface area (Å²) in [7, 11) is 0. The maximum atomic E-state index is 7.09. The smallest absolute Gasteiger partial charge is 0.137 e. The first-order chi connectivity index (χ1) is 33.4. The van der Waals surface area contributed by atoms with Crippen molar-refractivity contribution in [2.24, 2.45) is 0 Å². The Balaban J connectivity index is 1.11. The van der Waals surface area contributed by atoms with E-state index in [2.05, 4.69) is 261 Å². The first-order valence-electron chi connectivity index (χ1n) is 25.2. The van der Waals surface area contributed by atoms with Crippen LogP contribution in [0.3, 0.4) is 0 Å². The van der Waals surface area contributed by atoms with Gasteiger partial charge < -0.3 is 14.5 Å². The van der Waals surface area contributed by atoms with Gasteiger partial charge in [-0.1, -0.05) is 168 Å². The zero-order chi connectivity index (χ0) is 49.3. The molecule has 2 aromatic heterocycles. The molecule has 0 aliphatic carbocycles. The SMILES string of the molecule is CC(C)c1cccc(C(C)C)c1-c1ccc2c(c1)N(c1cc(Oc3ccc4c5ccccc5n(-c5cc(C(C)(C)C)ccn5)c4c3)cc(C(C)(C)C)c1)CN2c1cccc(C(C)(C)c2ccccc2)c1. The van der Waals surface area contributed by atoms with Crippen LogP contribution in [0.25, 0.3) is 38.8 Å². The normalized spacial score (nSPS) is 13.3. The summed E-state index contributed by atoms with van der Waals surface area (Å²) >= 11 is 0. The van der Waals surface area contributed by atoms with E-state index in [-0.39, 0.29) is 16.2 Å². The number of aromatic nitrogens is 2. The highest BCUT2D eigenvalue weighted by Crippen LogP contribution is 2.50. The second kappa shape index (κ2) is 17.7. The standard InChI is InChI=1S/C65H68N4O/c1-42(2)53-25-19-26-54(43(3)4)62(53)44-28-31-58-60(34-44)68(41-67(58)49-23-18-22-47(35-49)65(11,12)45-20-14-13-15-21-45)50-36-48(64(8,9)10)37-52(39-50)70-51-29-30-56-55-24-16-17-27-57(55)69(59(56)40-51)61-38-46(32-33-66-61)63(5,6)7/h13-40,42-43H,41H2,1-12H3. The highest BCUT2D eigenvalue weighted by Gasteiger charge is 2.32. The summed E-state index contributed by atoms with van der Waals surface area (Å²) in [5.41, 5.74) is 16.8. The quantitative estimate of drug-likeness (QED) is 0.137. The molecule has 0 amide bonds. The number of fused-ring (bicyclic) bond motifs is 4. The van der Waals surface area contributed by atoms with Crippen LogP contribution in [0, 0.1) is 0 Å². The van der Waals surface area contributed by atoms with Crippen molar-refractivity contribution < 1.29 is 4.74 Å². The Morgan fingerprint density at radius 1 is 0.471 bits per heavy atom. The zero-order valence-corrected chi connectivity index (χ0v) is 43.2. The highest BCUT2D eigenvalue weighted by atomic mass is 16.5. The second-order valence-electron chi connectivity index (χ2n) is 22.6. The summed E-state index contributed by atoms with van der Waals surface area (Å²) in [5, 5.41) is 2.35. The van der Waals surface area contributed by atoms with Gasteiger partial charge in [-0.15, -0.1) is 0 Å². The number of benzene rings is 7. The molecule has 0 fully saturated rings. The van der Waals surface area contributed by atoms with Gasteiger partial charge in [-0.3, -0.25) is 4.57 Å². The van der Waals surface area contributed by atoms with E-state index in [1.54, 1.807) is 0 Å². The van der Waals surface area contributed by atoms with E-state index in [1.807, 2.05) is 6.20 Å². The van der Waals surface area contributed by atoms with E-state index in [0.717, 1.165) is 45.1 Å². The lowest BCUT2D eigenvalue weighted by Gasteiger charge is -2.29. The van der Waals surface area contributed by atoms with Crippen molar-refractivity contribution >= 4 is 44.6 Å². The lowest BCUT2D eigenvalue weighted by Crippen LogP contribution is -2.25. The van der Waals surface area contributed by atoms with Crippen LogP contribution in [0.2, 0.25) is 0 Å². The fourth-order valence-corrected chi connectivity index (χ4v) is 10.5. The van der Waals surface area contributed by atoms with E-state index in [0.29, 0.717) is 18.5 Å². The third kappa shape index (κ3) is 8.54. The van der Waals surface area contributed by atoms with Crippen molar-refractivity contribution in [3.05, 3.63) is 203 Å². The summed E-state index contributed by atoms with van der Waals surface area (Å²) in [5.74, 6) is 3.22. The molecule has 0 unspecified atom stereocenters. The van der Waals surface area contributed by atoms with E-state index in [9.17, 15) is 0 Å². The molecule has 0 N–H and O–H groups in total. The molecular weight excluding hydrogens is 853 g/mol. The van der Waals surface area contributed by atoms with Crippen LogP contribution >= 0.6 is 0 Å². The van der Waals surface area contributed by atoms with E-state index in [1.165, 1.54) is 61.3 Å². The van der Waals surface area contributed by atoms with Crippen molar-refractivity contribution in [3.8, 4) is 28.4 Å². The predicted octanol–water partition coefficient (Wildman–Crippen LogP) is 18.1. The number of anilines is 4. The van der Waals surface area contributed by atoms with Crippen molar-refractivity contribution in [2.45, 2.75) is 111 Å². The molecule has 9 aromatic rings. The fourth-order valence-electron chi connectivity index (χ4n) is 10.5. The van der Waals surface area contributed by atoms with Crippen LogP contribution in [0.15, 0.2) is 170 Å². The number of hydrogen-bond donors (Lipinski definition) is 0. The Morgan fingerprint density at radius 3 is 1.83 bits per heavy atom. The van der Waals surface area contributed by atoms with Gasteiger partial charge in [0.15, 0.2) is 0 Å². The minimum absolute atomic E-state index is 0.0200. The van der Waals surface area contributed by atoms with Crippen molar-refractivity contribution in [1.29, 1.82) is 0 Å². The van der Waals surface area contributed by atoms with Crippen molar-refractivity contribution in [1.82, 2.24) is 9.55 Å². The van der Waals surface area contributed by atoms with Gasteiger partial charge in [0, 0.05) is 45.9 Å². The molecule has 0 bridgehead atoms. The molecular formula is C65H68N4O. The van der Waals surface area contributed by atoms with E-state index < -0.39 is 0 Å². The minimum atomic E-state index is -0.186. The van der Waals surface area contributed by atoms with E-state index >= 15 is 0 Å². The van der Waals surface area contributed by atoms with Crippen LogP contribution in [0.4, 0.5) is 22.7 Å². The second-order valence-corrected chi connectivity index (χ2v) is 22.6. The lowest BCUT2D eigenvalue weighted by molar-refractivity contribution is 0.479. The average Bonchev–Trinajstić information content (AvgIpc) is 3.89. The van der Waals surface area contributed by atoms with Crippen molar-refractivity contribution in [2.75, 3.05) is 16.5 Å². The zero-order valence-electron chi connectivity index (χ0n) is 43.2. The summed E-state index contributed by atoms with van der Waals surface area (Å²) in [4.78, 5) is 9.93. The monoisotopic (exact) mass is 921 g/mol. The summed E-state index contributed by atoms with van der Waals surface area (Å²) < 4.78 is 9.37. The molecule has 70 heavy (non-hydrogen) atoms. The number of ether oxygens (including phenoxy) is 1. The number of rotatable bonds is 10. The molecule has 0 saturated heterocycles. The Kier molecular flexibility index (Phi) is 11.8. The third-order valence-electron chi connectivity index (χ3n) is 14.7. The van der Waals surface area contributed by atoms with Gasteiger partial charge in [0.1, 0.15) is 24.0 Å². The van der Waals surface area contributed by atoms with Crippen molar-refractivity contribution in [3.63, 3.8) is 0 Å². The van der Waals surface area contributed by atoms with Gasteiger partial charge in [0.05, 0.1) is 22.4 Å². The topological polar surface area (TPSA) is 33.5 Å². The van der Waals surface area contributed by atoms with Gasteiger partial charge in [-0.05, 0) is 134 Å². The maximum Gasteiger partial charge on any atom is 0.137 e. The van der Waals surface area contributed by atoms with Gasteiger partial charge >= 0.3 is 0 Å². The minimum Gasteiger partial charge on any atom is -0.457 e. The first kappa shape index (κ1) is 46.6. The Morgan fingerprint density at radius 2 is 1.11 bits per heavy atom. The number of para-hydroxylation sites is 1. The lowest BCUT2D eigenvalue weighted by atomic mass is 9.78. The molecule has 3 heterocycles. The number of hydrogen-bond acceptors (Lipinski definition) is 4. The molecule has 0 radical (unpaired) electrons. The Labute approximate surface area is 416 Å². The summed E-state index contributed by atoms with van der Waals surface area (Å²) in [6.07, 6.45) is 1.94. The summed E-state index contributed by atoms with van der Waals surface area (Å²) in [6.45, 7) is 28.2. The average molecular weight is 921 g/mol. The Hall–Kier alpha value is -7.11. The molecule has 0 atom stereocenters. The third-order valence-corrected chi connectivity index (χ3v) is 14.7. The van der Waals surface area contributed by atoms with Crippen LogP contribution < -0.4 is 14.5 Å². The molecule has 354 valence electrons. The predicted molar refractivity (Wildman–Crippen MR) is 297 cm³/mol. The molecule has 1 aliphatic heterocycles. The molecule has 7 aromatic carbocycles. The van der Waals surface area contributed by atoms with Gasteiger partial charge in [-0.2, -0.15) is 0 Å². The largest absolute Gasteiger partial charge is 0.457 e. The van der Waals surface area contributed by atoms with Gasteiger partial charge in [0.2, 0.25) is 0 Å². The van der Waals surface area contributed by atoms with E-state index in [4.69, 9.17) is 9.72 Å². The van der Waals surface area contributed by atoms with Gasteiger partial charge in [0.25, 0.3) is 0 Å². The van der Waals surface area contributed by atoms with Gasteiger partial charge in [-0.25, -0.2) is 4.98 Å². The molecule has 0 spiro atoms. The molecule has 5 nitrogen and oxygen atoms in total. The van der Waals surface area contributed by atoms with Crippen LogP contribution in [-0.4, -0.2) is 16.2 Å². The summed E-state index contributed by atoms with van der Waals surface area (Å²) in [6, 6.07) is 60.3. The van der Waals surface area contributed by atoms with Crippen LogP contribution in [0.1, 0.15) is 128 Å². The maximum absolute atomic E-state index is 7.09. The molecule has 0 saturated carbocycles. The first-order valence-corrected chi connectivity index (χ1v) is 25.2. The molecule has 1 aliphatic rings. The fraction of sp³-hybridized carbons (Fsp3) is 0.277. The number of pyridine rings is 1. The Bertz CT molecular complexity index is 3370. The van der Waals surface area contributed by atoms with Crippen LogP contribution in [-0.2, 0) is 16.2 Å². The highest BCUT2D eigenvalue weighted by molar-refractivity contribution is 6.09. The van der Waals surface area contributed by atoms with Crippen LogP contribution in [0.5, 0.6) is 11.5 Å². The number of nitrogens with zero attached hydrogens (tertiary/aromatic N) is 4. The molecule has 10 rings (SSSR count). The molecule has 5 heteroatoms.